The minimum atomic E-state index is -0.101. The Morgan fingerprint density at radius 1 is 1.13 bits per heavy atom. The maximum Gasteiger partial charge on any atom is 0.207 e. The van der Waals surface area contributed by atoms with Crippen LogP contribution in [0.3, 0.4) is 0 Å². The van der Waals surface area contributed by atoms with Crippen molar-refractivity contribution in [3.05, 3.63) is 69.2 Å². The van der Waals surface area contributed by atoms with E-state index >= 15 is 0 Å². The Morgan fingerprint density at radius 3 is 2.45 bits per heavy atom. The molecular formula is C23H22ClN3O3S. The van der Waals surface area contributed by atoms with E-state index in [4.69, 9.17) is 26.2 Å². The number of hydrogen-bond acceptors (Lipinski definition) is 7. The van der Waals surface area contributed by atoms with Gasteiger partial charge in [0.2, 0.25) is 5.13 Å². The van der Waals surface area contributed by atoms with Crippen LogP contribution in [-0.4, -0.2) is 30.7 Å². The van der Waals surface area contributed by atoms with Crippen LogP contribution >= 0.6 is 22.9 Å². The number of ketones is 1. The molecule has 0 spiro atoms. The van der Waals surface area contributed by atoms with Crippen molar-refractivity contribution in [2.75, 3.05) is 19.2 Å². The third-order valence-electron chi connectivity index (χ3n) is 5.18. The first-order valence-electron chi connectivity index (χ1n) is 9.74. The van der Waals surface area contributed by atoms with Gasteiger partial charge in [-0.25, -0.2) is 9.99 Å². The topological polar surface area (TPSA) is 64.0 Å². The molecule has 31 heavy (non-hydrogen) atoms. The molecule has 0 saturated heterocycles. The average Bonchev–Trinajstić information content (AvgIpc) is 3.37. The van der Waals surface area contributed by atoms with Gasteiger partial charge in [-0.2, -0.15) is 5.10 Å². The van der Waals surface area contributed by atoms with E-state index in [9.17, 15) is 4.79 Å². The lowest BCUT2D eigenvalue weighted by Crippen LogP contribution is -2.18. The molecule has 3 aromatic rings. The molecule has 1 aromatic heterocycles. The lowest BCUT2D eigenvalue weighted by molar-refractivity contribution is 0.102. The van der Waals surface area contributed by atoms with Crippen molar-refractivity contribution in [3.63, 3.8) is 0 Å². The van der Waals surface area contributed by atoms with Gasteiger partial charge in [0.1, 0.15) is 0 Å². The van der Waals surface area contributed by atoms with E-state index in [2.05, 4.69) is 4.98 Å². The monoisotopic (exact) mass is 455 g/mol. The molecule has 2 aromatic carbocycles. The number of hydrazone groups is 1. The predicted octanol–water partition coefficient (Wildman–Crippen LogP) is 5.68. The van der Waals surface area contributed by atoms with Crippen LogP contribution in [0.5, 0.6) is 11.5 Å². The molecule has 160 valence electrons. The predicted molar refractivity (Wildman–Crippen MR) is 124 cm³/mol. The number of carbonyl (C=O) groups is 1. The van der Waals surface area contributed by atoms with Crippen molar-refractivity contribution >= 4 is 39.6 Å². The normalized spacial score (nSPS) is 15.7. The van der Waals surface area contributed by atoms with E-state index < -0.39 is 0 Å². The van der Waals surface area contributed by atoms with Crippen molar-refractivity contribution in [2.24, 2.45) is 5.10 Å². The Labute approximate surface area is 190 Å². The number of methoxy groups -OCH3 is 2. The molecule has 2 heterocycles. The largest absolute Gasteiger partial charge is 0.493 e. The number of rotatable bonds is 6. The second-order valence-electron chi connectivity index (χ2n) is 7.20. The summed E-state index contributed by atoms with van der Waals surface area (Å²) in [5.41, 5.74) is 3.66. The van der Waals surface area contributed by atoms with Crippen molar-refractivity contribution in [2.45, 2.75) is 26.3 Å². The van der Waals surface area contributed by atoms with Crippen molar-refractivity contribution in [3.8, 4) is 11.5 Å². The standard InChI is InChI=1S/C23H22ClN3O3S/c1-13-22(14(2)28)31-23(25-13)27-19(16-7-10-20(29-3)21(11-16)30-4)12-18(26-27)15-5-8-17(24)9-6-15/h5-11,19H,12H2,1-4H3. The fourth-order valence-corrected chi connectivity index (χ4v) is 4.72. The number of Topliss-reactive ketones (excluding diaryl/α,β-unsaturated/α-hetero) is 1. The highest BCUT2D eigenvalue weighted by Crippen LogP contribution is 2.41. The summed E-state index contributed by atoms with van der Waals surface area (Å²) in [4.78, 5) is 17.3. The fraction of sp³-hybridized carbons (Fsp3) is 0.261. The van der Waals surface area contributed by atoms with Crippen LogP contribution in [0.25, 0.3) is 0 Å². The quantitative estimate of drug-likeness (QED) is 0.447. The first-order valence-corrected chi connectivity index (χ1v) is 10.9. The zero-order valence-corrected chi connectivity index (χ0v) is 19.3. The molecule has 0 amide bonds. The first kappa shape index (κ1) is 21.3. The number of carbonyl (C=O) groups excluding carboxylic acids is 1. The number of nitrogens with zero attached hydrogens (tertiary/aromatic N) is 3. The number of halogens is 1. The van der Waals surface area contributed by atoms with Gasteiger partial charge in [-0.1, -0.05) is 41.1 Å². The molecule has 1 atom stereocenters. The van der Waals surface area contributed by atoms with Crippen molar-refractivity contribution in [1.29, 1.82) is 0 Å². The molecule has 4 rings (SSSR count). The van der Waals surface area contributed by atoms with Crippen LogP contribution in [0, 0.1) is 6.92 Å². The third-order valence-corrected chi connectivity index (χ3v) is 6.68. The Hall–Kier alpha value is -2.90. The number of anilines is 1. The summed E-state index contributed by atoms with van der Waals surface area (Å²) in [6.45, 7) is 3.41. The highest BCUT2D eigenvalue weighted by atomic mass is 35.5. The number of hydrogen-bond donors (Lipinski definition) is 0. The van der Waals surface area contributed by atoms with E-state index in [0.29, 0.717) is 38.6 Å². The van der Waals surface area contributed by atoms with Gasteiger partial charge in [-0.15, -0.1) is 0 Å². The van der Waals surface area contributed by atoms with Gasteiger partial charge < -0.3 is 9.47 Å². The Bertz CT molecular complexity index is 1160. The summed E-state index contributed by atoms with van der Waals surface area (Å²) >= 11 is 7.42. The average molecular weight is 456 g/mol. The van der Waals surface area contributed by atoms with Crippen LogP contribution in [0.1, 0.15) is 45.9 Å². The Morgan fingerprint density at radius 2 is 1.84 bits per heavy atom. The van der Waals surface area contributed by atoms with Gasteiger partial charge in [0.05, 0.1) is 36.5 Å². The Kier molecular flexibility index (Phi) is 5.98. The zero-order valence-electron chi connectivity index (χ0n) is 17.7. The maximum absolute atomic E-state index is 12.0. The van der Waals surface area contributed by atoms with Crippen LogP contribution in [0.4, 0.5) is 5.13 Å². The minimum Gasteiger partial charge on any atom is -0.493 e. The summed E-state index contributed by atoms with van der Waals surface area (Å²) in [5.74, 6) is 1.32. The molecule has 0 N–H and O–H groups in total. The number of thiazole rings is 1. The Balaban J connectivity index is 1.78. The summed E-state index contributed by atoms with van der Waals surface area (Å²) in [6.07, 6.45) is 0.672. The molecule has 0 fully saturated rings. The number of ether oxygens (including phenoxy) is 2. The SMILES string of the molecule is COc1ccc(C2CC(c3ccc(Cl)cc3)=NN2c2nc(C)c(C(C)=O)s2)cc1OC. The fourth-order valence-electron chi connectivity index (χ4n) is 3.63. The highest BCUT2D eigenvalue weighted by molar-refractivity contribution is 7.17. The molecule has 1 unspecified atom stereocenters. The van der Waals surface area contributed by atoms with Crippen molar-refractivity contribution < 1.29 is 14.3 Å². The molecule has 0 aliphatic carbocycles. The third kappa shape index (κ3) is 4.16. The van der Waals surface area contributed by atoms with Crippen LogP contribution in [0.15, 0.2) is 47.6 Å². The van der Waals surface area contributed by atoms with Gasteiger partial charge in [0.25, 0.3) is 0 Å². The number of benzene rings is 2. The molecule has 1 aliphatic rings. The summed E-state index contributed by atoms with van der Waals surface area (Å²) in [6, 6.07) is 13.4. The van der Waals surface area contributed by atoms with Gasteiger partial charge in [-0.05, 0) is 42.3 Å². The molecule has 1 aliphatic heterocycles. The second kappa shape index (κ2) is 8.69. The lowest BCUT2D eigenvalue weighted by Gasteiger charge is -2.22. The summed E-state index contributed by atoms with van der Waals surface area (Å²) in [5, 5.41) is 8.16. The number of aryl methyl sites for hydroxylation is 1. The molecule has 6 nitrogen and oxygen atoms in total. The highest BCUT2D eigenvalue weighted by Gasteiger charge is 2.33. The molecular weight excluding hydrogens is 434 g/mol. The van der Waals surface area contributed by atoms with Crippen molar-refractivity contribution in [1.82, 2.24) is 4.98 Å². The maximum atomic E-state index is 12.0. The van der Waals surface area contributed by atoms with Crippen LogP contribution < -0.4 is 14.5 Å². The molecule has 0 saturated carbocycles. The minimum absolute atomic E-state index is 0.00465. The zero-order chi connectivity index (χ0) is 22.1. The lowest BCUT2D eigenvalue weighted by atomic mass is 9.98. The first-order chi connectivity index (χ1) is 14.9. The van der Waals surface area contributed by atoms with Gasteiger partial charge in [-0.3, -0.25) is 4.79 Å². The summed E-state index contributed by atoms with van der Waals surface area (Å²) < 4.78 is 10.9. The van der Waals surface area contributed by atoms with Gasteiger partial charge in [0.15, 0.2) is 17.3 Å². The molecule has 0 bridgehead atoms. The van der Waals surface area contributed by atoms with E-state index in [1.165, 1.54) is 11.3 Å². The number of aromatic nitrogens is 1. The summed E-state index contributed by atoms with van der Waals surface area (Å²) in [7, 11) is 3.23. The van der Waals surface area contributed by atoms with E-state index in [1.54, 1.807) is 21.1 Å². The molecule has 8 heteroatoms. The van der Waals surface area contributed by atoms with E-state index in [1.807, 2.05) is 54.4 Å². The second-order valence-corrected chi connectivity index (χ2v) is 8.61. The smallest absolute Gasteiger partial charge is 0.207 e. The van der Waals surface area contributed by atoms with Crippen LogP contribution in [0.2, 0.25) is 5.02 Å². The van der Waals surface area contributed by atoms with Crippen LogP contribution in [-0.2, 0) is 0 Å². The van der Waals surface area contributed by atoms with Gasteiger partial charge in [0, 0.05) is 18.4 Å². The molecule has 0 radical (unpaired) electrons. The van der Waals surface area contributed by atoms with E-state index in [0.717, 1.165) is 16.8 Å². The van der Waals surface area contributed by atoms with Gasteiger partial charge >= 0.3 is 0 Å². The van der Waals surface area contributed by atoms with E-state index in [-0.39, 0.29) is 11.8 Å².